The molecule has 0 bridgehead atoms. The second-order valence-corrected chi connectivity index (χ2v) is 4.77. The molecule has 2 fully saturated rings. The first kappa shape index (κ1) is 8.55. The molecule has 0 aromatic rings. The zero-order chi connectivity index (χ0) is 8.60. The van der Waals surface area contributed by atoms with Gasteiger partial charge in [0.15, 0.2) is 0 Å². The maximum absolute atomic E-state index is 10.5. The van der Waals surface area contributed by atoms with E-state index in [1.165, 1.54) is 38.5 Å². The van der Waals surface area contributed by atoms with Crippen molar-refractivity contribution in [2.45, 2.75) is 57.5 Å². The van der Waals surface area contributed by atoms with Gasteiger partial charge in [-0.25, -0.2) is 0 Å². The Morgan fingerprint density at radius 1 is 1.08 bits per heavy atom. The van der Waals surface area contributed by atoms with E-state index >= 15 is 0 Å². The molecule has 0 spiro atoms. The summed E-state index contributed by atoms with van der Waals surface area (Å²) >= 11 is 0. The van der Waals surface area contributed by atoms with Crippen LogP contribution in [0.25, 0.3) is 0 Å². The summed E-state index contributed by atoms with van der Waals surface area (Å²) in [6, 6.07) is 0. The van der Waals surface area contributed by atoms with Crippen LogP contribution in [0.15, 0.2) is 0 Å². The predicted octanol–water partition coefficient (Wildman–Crippen LogP) is 2.73. The molecule has 0 aromatic heterocycles. The van der Waals surface area contributed by atoms with Crippen LogP contribution in [0, 0.1) is 11.8 Å². The van der Waals surface area contributed by atoms with Crippen LogP contribution in [0.2, 0.25) is 0 Å². The Hall–Kier alpha value is -0.0400. The van der Waals surface area contributed by atoms with Crippen LogP contribution in [0.3, 0.4) is 0 Å². The van der Waals surface area contributed by atoms with Crippen molar-refractivity contribution in [3.8, 4) is 0 Å². The van der Waals surface area contributed by atoms with Crippen LogP contribution in [-0.2, 0) is 0 Å². The largest absolute Gasteiger partial charge is 0.389 e. The molecular formula is C11H20O. The molecule has 1 N–H and O–H groups in total. The Morgan fingerprint density at radius 3 is 2.58 bits per heavy atom. The standard InChI is InChI=1S/C11H20O/c1-9-5-4-7-10-6-2-3-8-11(9,10)12/h9-10,12H,2-8H2,1H3/t9-,10+,11+/m0/s1. The van der Waals surface area contributed by atoms with Crippen LogP contribution in [0.4, 0.5) is 0 Å². The smallest absolute Gasteiger partial charge is 0.0701 e. The Morgan fingerprint density at radius 2 is 1.83 bits per heavy atom. The van der Waals surface area contributed by atoms with E-state index in [2.05, 4.69) is 6.92 Å². The van der Waals surface area contributed by atoms with E-state index in [0.717, 1.165) is 6.42 Å². The van der Waals surface area contributed by atoms with Crippen molar-refractivity contribution in [2.75, 3.05) is 0 Å². The second kappa shape index (κ2) is 3.02. The Bertz CT molecular complexity index is 164. The molecule has 2 aliphatic rings. The fraction of sp³-hybridized carbons (Fsp3) is 1.00. The summed E-state index contributed by atoms with van der Waals surface area (Å²) in [5, 5.41) is 10.5. The number of aliphatic hydroxyl groups is 1. The summed E-state index contributed by atoms with van der Waals surface area (Å²) in [4.78, 5) is 0. The zero-order valence-corrected chi connectivity index (χ0v) is 8.05. The summed E-state index contributed by atoms with van der Waals surface area (Å²) in [6.45, 7) is 2.23. The average molecular weight is 168 g/mol. The number of hydrogen-bond acceptors (Lipinski definition) is 1. The number of rotatable bonds is 0. The van der Waals surface area contributed by atoms with Crippen molar-refractivity contribution in [3.05, 3.63) is 0 Å². The molecule has 1 nitrogen and oxygen atoms in total. The lowest BCUT2D eigenvalue weighted by Gasteiger charge is -2.47. The molecule has 12 heavy (non-hydrogen) atoms. The number of fused-ring (bicyclic) bond motifs is 1. The van der Waals surface area contributed by atoms with Gasteiger partial charge in [-0.15, -0.1) is 0 Å². The van der Waals surface area contributed by atoms with Crippen LogP contribution in [0.1, 0.15) is 51.9 Å². The Labute approximate surface area is 75.2 Å². The first-order valence-electron chi connectivity index (χ1n) is 5.46. The van der Waals surface area contributed by atoms with E-state index in [1.807, 2.05) is 0 Å². The monoisotopic (exact) mass is 168 g/mol. The number of hydrogen-bond donors (Lipinski definition) is 1. The van der Waals surface area contributed by atoms with Crippen molar-refractivity contribution >= 4 is 0 Å². The lowest BCUT2D eigenvalue weighted by atomic mass is 9.63. The highest BCUT2D eigenvalue weighted by Crippen LogP contribution is 2.46. The minimum Gasteiger partial charge on any atom is -0.389 e. The zero-order valence-electron chi connectivity index (χ0n) is 8.05. The minimum atomic E-state index is -0.267. The average Bonchev–Trinajstić information content (AvgIpc) is 2.07. The third-order valence-electron chi connectivity index (χ3n) is 4.13. The van der Waals surface area contributed by atoms with E-state index in [0.29, 0.717) is 11.8 Å². The van der Waals surface area contributed by atoms with E-state index in [-0.39, 0.29) is 5.60 Å². The van der Waals surface area contributed by atoms with E-state index in [9.17, 15) is 5.11 Å². The second-order valence-electron chi connectivity index (χ2n) is 4.77. The van der Waals surface area contributed by atoms with Crippen molar-refractivity contribution < 1.29 is 5.11 Å². The van der Waals surface area contributed by atoms with Gasteiger partial charge in [0.2, 0.25) is 0 Å². The molecule has 1 heteroatoms. The highest BCUT2D eigenvalue weighted by molar-refractivity contribution is 4.96. The summed E-state index contributed by atoms with van der Waals surface area (Å²) in [5.41, 5.74) is -0.267. The topological polar surface area (TPSA) is 20.2 Å². The first-order valence-corrected chi connectivity index (χ1v) is 5.46. The van der Waals surface area contributed by atoms with E-state index in [1.54, 1.807) is 0 Å². The summed E-state index contributed by atoms with van der Waals surface area (Å²) in [5.74, 6) is 1.19. The molecule has 3 atom stereocenters. The molecule has 0 aromatic carbocycles. The van der Waals surface area contributed by atoms with Gasteiger partial charge < -0.3 is 5.11 Å². The van der Waals surface area contributed by atoms with Crippen molar-refractivity contribution in [1.82, 2.24) is 0 Å². The molecule has 70 valence electrons. The highest BCUT2D eigenvalue weighted by Gasteiger charge is 2.44. The van der Waals surface area contributed by atoms with Crippen LogP contribution in [-0.4, -0.2) is 10.7 Å². The quantitative estimate of drug-likeness (QED) is 0.589. The molecule has 0 radical (unpaired) electrons. The predicted molar refractivity (Wildman–Crippen MR) is 49.9 cm³/mol. The van der Waals surface area contributed by atoms with Gasteiger partial charge in [-0.3, -0.25) is 0 Å². The lowest BCUT2D eigenvalue weighted by molar-refractivity contribution is -0.112. The maximum Gasteiger partial charge on any atom is 0.0701 e. The highest BCUT2D eigenvalue weighted by atomic mass is 16.3. The lowest BCUT2D eigenvalue weighted by Crippen LogP contribution is -2.48. The normalized spacial score (nSPS) is 48.5. The van der Waals surface area contributed by atoms with Crippen molar-refractivity contribution in [2.24, 2.45) is 11.8 Å². The molecule has 0 amide bonds. The van der Waals surface area contributed by atoms with Gasteiger partial charge in [0.25, 0.3) is 0 Å². The molecule has 0 heterocycles. The fourth-order valence-electron chi connectivity index (χ4n) is 3.22. The van der Waals surface area contributed by atoms with Crippen molar-refractivity contribution in [3.63, 3.8) is 0 Å². The van der Waals surface area contributed by atoms with Crippen LogP contribution < -0.4 is 0 Å². The third kappa shape index (κ3) is 1.19. The molecule has 0 unspecified atom stereocenters. The van der Waals surface area contributed by atoms with Gasteiger partial charge in [0, 0.05) is 0 Å². The Kier molecular flexibility index (Phi) is 2.16. The van der Waals surface area contributed by atoms with Gasteiger partial charge >= 0.3 is 0 Å². The van der Waals surface area contributed by atoms with Crippen LogP contribution in [0.5, 0.6) is 0 Å². The van der Waals surface area contributed by atoms with Crippen molar-refractivity contribution in [1.29, 1.82) is 0 Å². The van der Waals surface area contributed by atoms with E-state index < -0.39 is 0 Å². The molecule has 0 aliphatic heterocycles. The van der Waals surface area contributed by atoms with Gasteiger partial charge in [0.05, 0.1) is 5.60 Å². The maximum atomic E-state index is 10.5. The first-order chi connectivity index (χ1) is 5.73. The van der Waals surface area contributed by atoms with Gasteiger partial charge in [-0.1, -0.05) is 26.2 Å². The fourth-order valence-corrected chi connectivity index (χ4v) is 3.22. The molecule has 0 saturated heterocycles. The summed E-state index contributed by atoms with van der Waals surface area (Å²) in [7, 11) is 0. The molecule has 2 aliphatic carbocycles. The van der Waals surface area contributed by atoms with Crippen LogP contribution >= 0.6 is 0 Å². The summed E-state index contributed by atoms with van der Waals surface area (Å²) in [6.07, 6.45) is 8.80. The van der Waals surface area contributed by atoms with Gasteiger partial charge in [-0.2, -0.15) is 0 Å². The molecule has 2 saturated carbocycles. The Balaban J connectivity index is 2.14. The molecular weight excluding hydrogens is 148 g/mol. The molecule has 2 rings (SSSR count). The third-order valence-corrected chi connectivity index (χ3v) is 4.13. The van der Waals surface area contributed by atoms with Gasteiger partial charge in [0.1, 0.15) is 0 Å². The SMILES string of the molecule is C[C@H]1CCC[C@H]2CCCC[C@]21O. The minimum absolute atomic E-state index is 0.267. The summed E-state index contributed by atoms with van der Waals surface area (Å²) < 4.78 is 0. The van der Waals surface area contributed by atoms with E-state index in [4.69, 9.17) is 0 Å². The van der Waals surface area contributed by atoms with Gasteiger partial charge in [-0.05, 0) is 37.5 Å².